The summed E-state index contributed by atoms with van der Waals surface area (Å²) in [7, 11) is 0. The highest BCUT2D eigenvalue weighted by Gasteiger charge is 2.25. The standard InChI is InChI=1S/C20H21N3O4/c24-19(21-16-4-2-1-3-5-16)13-22-8-10-23(11-9-22)20(25)15-6-7-17-18(12-15)27-14-26-17/h1-7,12H,8-11,13-14H2,(H,21,24). The lowest BCUT2D eigenvalue weighted by Crippen LogP contribution is -2.50. The Kier molecular flexibility index (Phi) is 4.93. The number of rotatable bonds is 4. The number of carbonyl (C=O) groups excluding carboxylic acids is 2. The van der Waals surface area contributed by atoms with Crippen LogP contribution in [-0.4, -0.2) is 61.1 Å². The van der Waals surface area contributed by atoms with E-state index in [-0.39, 0.29) is 18.6 Å². The van der Waals surface area contributed by atoms with Crippen LogP contribution in [-0.2, 0) is 4.79 Å². The first kappa shape index (κ1) is 17.4. The zero-order valence-electron chi connectivity index (χ0n) is 14.9. The van der Waals surface area contributed by atoms with E-state index in [0.29, 0.717) is 49.8 Å². The van der Waals surface area contributed by atoms with E-state index < -0.39 is 0 Å². The lowest BCUT2D eigenvalue weighted by Gasteiger charge is -2.34. The number of nitrogens with zero attached hydrogens (tertiary/aromatic N) is 2. The van der Waals surface area contributed by atoms with Gasteiger partial charge in [0.05, 0.1) is 6.54 Å². The number of carbonyl (C=O) groups is 2. The Hall–Kier alpha value is -3.06. The van der Waals surface area contributed by atoms with Crippen LogP contribution in [0.15, 0.2) is 48.5 Å². The Labute approximate surface area is 157 Å². The van der Waals surface area contributed by atoms with Crippen LogP contribution >= 0.6 is 0 Å². The van der Waals surface area contributed by atoms with Crippen molar-refractivity contribution in [3.05, 3.63) is 54.1 Å². The molecule has 2 aromatic rings. The van der Waals surface area contributed by atoms with Gasteiger partial charge in [0.25, 0.3) is 5.91 Å². The van der Waals surface area contributed by atoms with Crippen molar-refractivity contribution < 1.29 is 19.1 Å². The summed E-state index contributed by atoms with van der Waals surface area (Å²) in [5, 5.41) is 2.89. The normalized spacial score (nSPS) is 16.2. The highest BCUT2D eigenvalue weighted by Crippen LogP contribution is 2.32. The van der Waals surface area contributed by atoms with E-state index in [1.54, 1.807) is 18.2 Å². The van der Waals surface area contributed by atoms with Crippen molar-refractivity contribution in [2.24, 2.45) is 0 Å². The number of anilines is 1. The average Bonchev–Trinajstić information content (AvgIpc) is 3.16. The molecule has 0 saturated carbocycles. The molecule has 140 valence electrons. The fourth-order valence-corrected chi connectivity index (χ4v) is 3.25. The van der Waals surface area contributed by atoms with E-state index in [0.717, 1.165) is 5.69 Å². The predicted molar refractivity (Wildman–Crippen MR) is 100.0 cm³/mol. The molecule has 0 atom stereocenters. The van der Waals surface area contributed by atoms with Crippen molar-refractivity contribution >= 4 is 17.5 Å². The molecule has 0 radical (unpaired) electrons. The van der Waals surface area contributed by atoms with Crippen LogP contribution in [0.3, 0.4) is 0 Å². The highest BCUT2D eigenvalue weighted by molar-refractivity contribution is 5.95. The number of amides is 2. The first-order valence-corrected chi connectivity index (χ1v) is 8.95. The summed E-state index contributed by atoms with van der Waals surface area (Å²) in [5.41, 5.74) is 1.38. The second-order valence-corrected chi connectivity index (χ2v) is 6.55. The largest absolute Gasteiger partial charge is 0.454 e. The van der Waals surface area contributed by atoms with Gasteiger partial charge in [0, 0.05) is 37.4 Å². The lowest BCUT2D eigenvalue weighted by atomic mass is 10.1. The van der Waals surface area contributed by atoms with Crippen molar-refractivity contribution in [3.8, 4) is 11.5 Å². The van der Waals surface area contributed by atoms with Gasteiger partial charge in [0.2, 0.25) is 12.7 Å². The molecule has 0 unspecified atom stereocenters. The molecule has 4 rings (SSSR count). The number of benzene rings is 2. The maximum atomic E-state index is 12.7. The van der Waals surface area contributed by atoms with Gasteiger partial charge in [-0.05, 0) is 30.3 Å². The summed E-state index contributed by atoms with van der Waals surface area (Å²) in [6.45, 7) is 3.02. The maximum Gasteiger partial charge on any atom is 0.254 e. The first-order valence-electron chi connectivity index (χ1n) is 8.95. The van der Waals surface area contributed by atoms with Gasteiger partial charge < -0.3 is 19.7 Å². The van der Waals surface area contributed by atoms with Crippen LogP contribution in [0.25, 0.3) is 0 Å². The number of hydrogen-bond acceptors (Lipinski definition) is 5. The summed E-state index contributed by atoms with van der Waals surface area (Å²) in [4.78, 5) is 28.7. The molecule has 1 saturated heterocycles. The van der Waals surface area contributed by atoms with E-state index >= 15 is 0 Å². The highest BCUT2D eigenvalue weighted by atomic mass is 16.7. The number of nitrogens with one attached hydrogen (secondary N) is 1. The third kappa shape index (κ3) is 4.03. The Morgan fingerprint density at radius 3 is 2.44 bits per heavy atom. The van der Waals surface area contributed by atoms with E-state index in [9.17, 15) is 9.59 Å². The van der Waals surface area contributed by atoms with Gasteiger partial charge in [-0.25, -0.2) is 0 Å². The Morgan fingerprint density at radius 1 is 0.926 bits per heavy atom. The number of hydrogen-bond donors (Lipinski definition) is 1. The SMILES string of the molecule is O=C(CN1CCN(C(=O)c2ccc3c(c2)OCO3)CC1)Nc1ccccc1. The second kappa shape index (κ2) is 7.67. The van der Waals surface area contributed by atoms with Crippen LogP contribution < -0.4 is 14.8 Å². The fraction of sp³-hybridized carbons (Fsp3) is 0.300. The smallest absolute Gasteiger partial charge is 0.254 e. The topological polar surface area (TPSA) is 71.1 Å². The number of piperazine rings is 1. The van der Waals surface area contributed by atoms with Crippen molar-refractivity contribution in [2.75, 3.05) is 44.8 Å². The molecular weight excluding hydrogens is 346 g/mol. The van der Waals surface area contributed by atoms with Crippen LogP contribution in [0.2, 0.25) is 0 Å². The van der Waals surface area contributed by atoms with Gasteiger partial charge in [0.15, 0.2) is 11.5 Å². The van der Waals surface area contributed by atoms with Crippen LogP contribution in [0.4, 0.5) is 5.69 Å². The van der Waals surface area contributed by atoms with Crippen molar-refractivity contribution in [1.29, 1.82) is 0 Å². The van der Waals surface area contributed by atoms with Gasteiger partial charge in [-0.2, -0.15) is 0 Å². The third-order valence-electron chi connectivity index (χ3n) is 4.70. The van der Waals surface area contributed by atoms with E-state index in [2.05, 4.69) is 10.2 Å². The molecule has 2 aromatic carbocycles. The van der Waals surface area contributed by atoms with Crippen LogP contribution in [0.1, 0.15) is 10.4 Å². The minimum Gasteiger partial charge on any atom is -0.454 e. The summed E-state index contributed by atoms with van der Waals surface area (Å²) in [5.74, 6) is 1.20. The van der Waals surface area contributed by atoms with Gasteiger partial charge in [-0.15, -0.1) is 0 Å². The Balaban J connectivity index is 1.28. The van der Waals surface area contributed by atoms with Crippen molar-refractivity contribution in [2.45, 2.75) is 0 Å². The summed E-state index contributed by atoms with van der Waals surface area (Å²) < 4.78 is 10.6. The molecule has 2 aliphatic rings. The molecule has 2 amide bonds. The molecule has 0 spiro atoms. The molecule has 0 aromatic heterocycles. The molecule has 27 heavy (non-hydrogen) atoms. The number of ether oxygens (including phenoxy) is 2. The molecule has 0 bridgehead atoms. The monoisotopic (exact) mass is 367 g/mol. The lowest BCUT2D eigenvalue weighted by molar-refractivity contribution is -0.117. The van der Waals surface area contributed by atoms with E-state index in [1.807, 2.05) is 35.2 Å². The fourth-order valence-electron chi connectivity index (χ4n) is 3.25. The Morgan fingerprint density at radius 2 is 1.67 bits per heavy atom. The molecule has 2 heterocycles. The van der Waals surface area contributed by atoms with Crippen molar-refractivity contribution in [1.82, 2.24) is 9.80 Å². The summed E-state index contributed by atoms with van der Waals surface area (Å²) >= 11 is 0. The maximum absolute atomic E-state index is 12.7. The van der Waals surface area contributed by atoms with Crippen molar-refractivity contribution in [3.63, 3.8) is 0 Å². The second-order valence-electron chi connectivity index (χ2n) is 6.55. The summed E-state index contributed by atoms with van der Waals surface area (Å²) in [6, 6.07) is 14.7. The van der Waals surface area contributed by atoms with E-state index in [1.165, 1.54) is 0 Å². The third-order valence-corrected chi connectivity index (χ3v) is 4.70. The predicted octanol–water partition coefficient (Wildman–Crippen LogP) is 1.81. The molecule has 2 aliphatic heterocycles. The minimum absolute atomic E-state index is 0.0262. The molecular formula is C20H21N3O4. The zero-order chi connectivity index (χ0) is 18.6. The zero-order valence-corrected chi connectivity index (χ0v) is 14.9. The molecule has 7 heteroatoms. The average molecular weight is 367 g/mol. The quantitative estimate of drug-likeness (QED) is 0.893. The van der Waals surface area contributed by atoms with E-state index in [4.69, 9.17) is 9.47 Å². The molecule has 7 nitrogen and oxygen atoms in total. The van der Waals surface area contributed by atoms with Gasteiger partial charge in [0.1, 0.15) is 0 Å². The van der Waals surface area contributed by atoms with Gasteiger partial charge >= 0.3 is 0 Å². The number of fused-ring (bicyclic) bond motifs is 1. The number of para-hydroxylation sites is 1. The molecule has 0 aliphatic carbocycles. The molecule has 1 fully saturated rings. The van der Waals surface area contributed by atoms with Crippen LogP contribution in [0, 0.1) is 0 Å². The minimum atomic E-state index is -0.0447. The summed E-state index contributed by atoms with van der Waals surface area (Å²) in [6.07, 6.45) is 0. The first-order chi connectivity index (χ1) is 13.2. The molecule has 1 N–H and O–H groups in total. The van der Waals surface area contributed by atoms with Gasteiger partial charge in [-0.3, -0.25) is 14.5 Å². The van der Waals surface area contributed by atoms with Gasteiger partial charge in [-0.1, -0.05) is 18.2 Å². The Bertz CT molecular complexity index is 832. The van der Waals surface area contributed by atoms with Crippen LogP contribution in [0.5, 0.6) is 11.5 Å².